The molecule has 2 rings (SSSR count). The fourth-order valence-electron chi connectivity index (χ4n) is 1.50. The van der Waals surface area contributed by atoms with Crippen LogP contribution in [-0.4, -0.2) is 17.2 Å². The highest BCUT2D eigenvalue weighted by atomic mass is 16.5. The summed E-state index contributed by atoms with van der Waals surface area (Å²) in [7, 11) is 1.60. The minimum atomic E-state index is -0.448. The first-order chi connectivity index (χ1) is 7.20. The van der Waals surface area contributed by atoms with E-state index < -0.39 is 6.10 Å². The van der Waals surface area contributed by atoms with Gasteiger partial charge in [-0.25, -0.2) is 4.98 Å². The van der Waals surface area contributed by atoms with Crippen LogP contribution in [0.25, 0.3) is 10.9 Å². The minimum Gasteiger partial charge on any atom is -0.481 e. The van der Waals surface area contributed by atoms with Gasteiger partial charge in [0.2, 0.25) is 5.88 Å². The van der Waals surface area contributed by atoms with E-state index in [4.69, 9.17) is 4.74 Å². The van der Waals surface area contributed by atoms with Crippen LogP contribution in [0.1, 0.15) is 18.6 Å². The largest absolute Gasteiger partial charge is 0.481 e. The molecule has 1 heterocycles. The highest BCUT2D eigenvalue weighted by Crippen LogP contribution is 2.21. The summed E-state index contributed by atoms with van der Waals surface area (Å²) in [6, 6.07) is 9.45. The van der Waals surface area contributed by atoms with Crippen molar-refractivity contribution in [3.05, 3.63) is 35.9 Å². The van der Waals surface area contributed by atoms with Crippen LogP contribution in [0.3, 0.4) is 0 Å². The molecule has 3 nitrogen and oxygen atoms in total. The van der Waals surface area contributed by atoms with Gasteiger partial charge in [-0.15, -0.1) is 0 Å². The fourth-order valence-corrected chi connectivity index (χ4v) is 1.50. The highest BCUT2D eigenvalue weighted by Gasteiger charge is 2.03. The summed E-state index contributed by atoms with van der Waals surface area (Å²) in [4.78, 5) is 4.29. The molecule has 0 fully saturated rings. The fraction of sp³-hybridized carbons (Fsp3) is 0.250. The first-order valence-electron chi connectivity index (χ1n) is 4.83. The third kappa shape index (κ3) is 1.92. The molecule has 1 aromatic carbocycles. The van der Waals surface area contributed by atoms with Crippen molar-refractivity contribution in [2.45, 2.75) is 13.0 Å². The van der Waals surface area contributed by atoms with Crippen LogP contribution < -0.4 is 4.74 Å². The van der Waals surface area contributed by atoms with Crippen molar-refractivity contribution < 1.29 is 9.84 Å². The highest BCUT2D eigenvalue weighted by molar-refractivity contribution is 5.79. The van der Waals surface area contributed by atoms with Gasteiger partial charge in [0.05, 0.1) is 18.7 Å². The lowest BCUT2D eigenvalue weighted by Gasteiger charge is -2.06. The molecule has 3 heteroatoms. The zero-order chi connectivity index (χ0) is 10.8. The van der Waals surface area contributed by atoms with Gasteiger partial charge < -0.3 is 9.84 Å². The average molecular weight is 203 g/mol. The Balaban J connectivity index is 2.55. The van der Waals surface area contributed by atoms with Crippen molar-refractivity contribution in [2.75, 3.05) is 7.11 Å². The van der Waals surface area contributed by atoms with Crippen molar-refractivity contribution in [3.63, 3.8) is 0 Å². The van der Waals surface area contributed by atoms with Gasteiger partial charge in [0.25, 0.3) is 0 Å². The normalized spacial score (nSPS) is 12.7. The number of hydrogen-bond acceptors (Lipinski definition) is 3. The van der Waals surface area contributed by atoms with Gasteiger partial charge in [-0.2, -0.15) is 0 Å². The van der Waals surface area contributed by atoms with Crippen molar-refractivity contribution in [3.8, 4) is 5.88 Å². The van der Waals surface area contributed by atoms with E-state index >= 15 is 0 Å². The lowest BCUT2D eigenvalue weighted by Crippen LogP contribution is -1.92. The maximum absolute atomic E-state index is 9.44. The van der Waals surface area contributed by atoms with Gasteiger partial charge in [-0.3, -0.25) is 0 Å². The SMILES string of the molecule is COc1ccc2cc(C(C)O)ccc2n1. The molecular formula is C12H13NO2. The van der Waals surface area contributed by atoms with Crippen LogP contribution in [-0.2, 0) is 0 Å². The standard InChI is InChI=1S/C12H13NO2/c1-8(14)9-3-5-11-10(7-9)4-6-12(13-11)15-2/h3-8,14H,1-2H3. The van der Waals surface area contributed by atoms with Gasteiger partial charge in [0, 0.05) is 11.5 Å². The minimum absolute atomic E-state index is 0.448. The molecule has 0 radical (unpaired) electrons. The summed E-state index contributed by atoms with van der Waals surface area (Å²) in [6.07, 6.45) is -0.448. The number of benzene rings is 1. The number of aromatic nitrogens is 1. The van der Waals surface area contributed by atoms with E-state index in [0.717, 1.165) is 16.5 Å². The number of ether oxygens (including phenoxy) is 1. The summed E-state index contributed by atoms with van der Waals surface area (Å²) >= 11 is 0. The number of pyridine rings is 1. The van der Waals surface area contributed by atoms with Crippen LogP contribution in [0.2, 0.25) is 0 Å². The third-order valence-electron chi connectivity index (χ3n) is 2.38. The number of hydrogen-bond donors (Lipinski definition) is 1. The summed E-state index contributed by atoms with van der Waals surface area (Å²) < 4.78 is 5.04. The van der Waals surface area contributed by atoms with Crippen LogP contribution in [0.15, 0.2) is 30.3 Å². The van der Waals surface area contributed by atoms with Gasteiger partial charge >= 0.3 is 0 Å². The molecule has 0 bridgehead atoms. The van der Waals surface area contributed by atoms with E-state index in [0.29, 0.717) is 5.88 Å². The topological polar surface area (TPSA) is 42.4 Å². The van der Waals surface area contributed by atoms with Crippen LogP contribution in [0, 0.1) is 0 Å². The molecule has 78 valence electrons. The van der Waals surface area contributed by atoms with Crippen LogP contribution >= 0.6 is 0 Å². The second-order valence-electron chi connectivity index (χ2n) is 3.48. The van der Waals surface area contributed by atoms with Gasteiger partial charge in [0.1, 0.15) is 0 Å². The summed E-state index contributed by atoms with van der Waals surface area (Å²) in [5, 5.41) is 10.4. The predicted molar refractivity (Wildman–Crippen MR) is 58.9 cm³/mol. The van der Waals surface area contributed by atoms with E-state index in [-0.39, 0.29) is 0 Å². The summed E-state index contributed by atoms with van der Waals surface area (Å²) in [6.45, 7) is 1.75. The Kier molecular flexibility index (Phi) is 2.56. The van der Waals surface area contributed by atoms with E-state index in [9.17, 15) is 5.11 Å². The van der Waals surface area contributed by atoms with Gasteiger partial charge in [-0.1, -0.05) is 6.07 Å². The second-order valence-corrected chi connectivity index (χ2v) is 3.48. The zero-order valence-corrected chi connectivity index (χ0v) is 8.77. The molecule has 0 saturated heterocycles. The van der Waals surface area contributed by atoms with E-state index in [2.05, 4.69) is 4.98 Å². The monoisotopic (exact) mass is 203 g/mol. The summed E-state index contributed by atoms with van der Waals surface area (Å²) in [5.41, 5.74) is 1.77. The zero-order valence-electron chi connectivity index (χ0n) is 8.77. The lowest BCUT2D eigenvalue weighted by atomic mass is 10.1. The number of aliphatic hydroxyl groups is 1. The Morgan fingerprint density at radius 1 is 1.27 bits per heavy atom. The maximum Gasteiger partial charge on any atom is 0.213 e. The molecule has 0 spiro atoms. The average Bonchev–Trinajstić information content (AvgIpc) is 2.27. The Morgan fingerprint density at radius 3 is 2.73 bits per heavy atom. The van der Waals surface area contributed by atoms with E-state index in [1.807, 2.05) is 30.3 Å². The third-order valence-corrected chi connectivity index (χ3v) is 2.38. The smallest absolute Gasteiger partial charge is 0.213 e. The molecule has 1 N–H and O–H groups in total. The molecule has 0 saturated carbocycles. The van der Waals surface area contributed by atoms with E-state index in [1.54, 1.807) is 14.0 Å². The number of methoxy groups -OCH3 is 1. The van der Waals surface area contributed by atoms with Crippen molar-refractivity contribution in [2.24, 2.45) is 0 Å². The first-order valence-corrected chi connectivity index (χ1v) is 4.83. The molecule has 0 aliphatic carbocycles. The second kappa shape index (κ2) is 3.87. The van der Waals surface area contributed by atoms with Gasteiger partial charge in [0.15, 0.2) is 0 Å². The maximum atomic E-state index is 9.44. The van der Waals surface area contributed by atoms with Crippen LogP contribution in [0.5, 0.6) is 5.88 Å². The molecule has 1 unspecified atom stereocenters. The number of fused-ring (bicyclic) bond motifs is 1. The Labute approximate surface area is 88.3 Å². The Bertz CT molecular complexity index is 480. The van der Waals surface area contributed by atoms with Crippen molar-refractivity contribution in [1.82, 2.24) is 4.98 Å². The number of rotatable bonds is 2. The Hall–Kier alpha value is -1.61. The number of aliphatic hydroxyl groups excluding tert-OH is 1. The predicted octanol–water partition coefficient (Wildman–Crippen LogP) is 2.30. The number of nitrogens with zero attached hydrogens (tertiary/aromatic N) is 1. The van der Waals surface area contributed by atoms with Crippen molar-refractivity contribution in [1.29, 1.82) is 0 Å². The lowest BCUT2D eigenvalue weighted by molar-refractivity contribution is 0.199. The van der Waals surface area contributed by atoms with Crippen LogP contribution in [0.4, 0.5) is 0 Å². The van der Waals surface area contributed by atoms with E-state index in [1.165, 1.54) is 0 Å². The molecular weight excluding hydrogens is 190 g/mol. The van der Waals surface area contributed by atoms with Gasteiger partial charge in [-0.05, 0) is 30.7 Å². The molecule has 1 atom stereocenters. The van der Waals surface area contributed by atoms with Crippen molar-refractivity contribution >= 4 is 10.9 Å². The summed E-state index contributed by atoms with van der Waals surface area (Å²) in [5.74, 6) is 0.604. The molecule has 0 amide bonds. The molecule has 0 aliphatic heterocycles. The first kappa shape index (κ1) is 9.93. The molecule has 0 aliphatic rings. The molecule has 2 aromatic rings. The molecule has 15 heavy (non-hydrogen) atoms. The quantitative estimate of drug-likeness (QED) is 0.814. The Morgan fingerprint density at radius 2 is 2.07 bits per heavy atom. The molecule has 1 aromatic heterocycles.